The summed E-state index contributed by atoms with van der Waals surface area (Å²) in [5.74, 6) is 0. The zero-order chi connectivity index (χ0) is 8.27. The van der Waals surface area contributed by atoms with Crippen molar-refractivity contribution in [3.05, 3.63) is 23.5 Å². The van der Waals surface area contributed by atoms with Crippen molar-refractivity contribution in [2.75, 3.05) is 0 Å². The van der Waals surface area contributed by atoms with E-state index in [9.17, 15) is 0 Å². The molecule has 0 radical (unpaired) electrons. The number of nitrogens with two attached hydrogens (primary N) is 1. The normalized spacial score (nSPS) is 17.7. The van der Waals surface area contributed by atoms with Crippen LogP contribution in [0.4, 0.5) is 0 Å². The van der Waals surface area contributed by atoms with Crippen molar-refractivity contribution in [2.24, 2.45) is 10.7 Å². The summed E-state index contributed by atoms with van der Waals surface area (Å²) < 4.78 is 0. The molecule has 11 heavy (non-hydrogen) atoms. The van der Waals surface area contributed by atoms with Gasteiger partial charge in [0.15, 0.2) is 0 Å². The molecule has 3 N–H and O–H groups in total. The molecule has 0 atom stereocenters. The second-order valence-corrected chi connectivity index (χ2v) is 2.46. The topological polar surface area (TPSA) is 62.2 Å². The maximum atomic E-state index is 7.01. The van der Waals surface area contributed by atoms with E-state index in [0.717, 1.165) is 12.1 Å². The van der Waals surface area contributed by atoms with Crippen LogP contribution in [0.3, 0.4) is 0 Å². The fourth-order valence-corrected chi connectivity index (χ4v) is 0.803. The minimum Gasteiger partial charge on any atom is -0.398 e. The summed E-state index contributed by atoms with van der Waals surface area (Å²) in [6.07, 6.45) is 5.50. The van der Waals surface area contributed by atoms with Crippen LogP contribution >= 0.6 is 0 Å². The second-order valence-electron chi connectivity index (χ2n) is 2.46. The number of allylic oxidation sites excluding steroid dienone is 2. The van der Waals surface area contributed by atoms with Gasteiger partial charge in [-0.25, -0.2) is 0 Å². The van der Waals surface area contributed by atoms with E-state index < -0.39 is 0 Å². The van der Waals surface area contributed by atoms with Crippen molar-refractivity contribution < 1.29 is 1.43 Å². The smallest absolute Gasteiger partial charge is 0.0381 e. The fourth-order valence-electron chi connectivity index (χ4n) is 0.803. The highest BCUT2D eigenvalue weighted by molar-refractivity contribution is 5.88. The van der Waals surface area contributed by atoms with Crippen molar-refractivity contribution in [2.45, 2.75) is 13.3 Å². The molecule has 3 nitrogen and oxygen atoms in total. The predicted molar refractivity (Wildman–Crippen MR) is 49.0 cm³/mol. The van der Waals surface area contributed by atoms with Gasteiger partial charge in [0.25, 0.3) is 0 Å². The van der Waals surface area contributed by atoms with Gasteiger partial charge in [-0.05, 0) is 6.92 Å². The Morgan fingerprint density at radius 1 is 1.82 bits per heavy atom. The Labute approximate surface area is 67.3 Å². The fraction of sp³-hybridized carbons (Fsp3) is 0.250. The molecule has 0 fully saturated rings. The van der Waals surface area contributed by atoms with Crippen LogP contribution in [0, 0.1) is 5.41 Å². The Balaban J connectivity index is 0.00000121. The minimum atomic E-state index is 0. The zero-order valence-corrected chi connectivity index (χ0v) is 6.46. The summed E-state index contributed by atoms with van der Waals surface area (Å²) in [5.41, 5.74) is 7.96. The quantitative estimate of drug-likeness (QED) is 0.548. The monoisotopic (exact) mass is 151 g/mol. The van der Waals surface area contributed by atoms with Gasteiger partial charge >= 0.3 is 0 Å². The van der Waals surface area contributed by atoms with E-state index in [0.29, 0.717) is 11.3 Å². The molecule has 0 saturated heterocycles. The van der Waals surface area contributed by atoms with Gasteiger partial charge in [-0.15, -0.1) is 0 Å². The number of aliphatic imine (C=N–C) groups is 1. The summed E-state index contributed by atoms with van der Waals surface area (Å²) >= 11 is 0. The van der Waals surface area contributed by atoms with E-state index >= 15 is 0 Å². The van der Waals surface area contributed by atoms with Crippen LogP contribution in [0.5, 0.6) is 0 Å². The molecular weight excluding hydrogens is 138 g/mol. The molecule has 0 aromatic rings. The zero-order valence-electron chi connectivity index (χ0n) is 6.46. The summed E-state index contributed by atoms with van der Waals surface area (Å²) in [5, 5.41) is 7.01. The van der Waals surface area contributed by atoms with Crippen LogP contribution in [0.15, 0.2) is 28.5 Å². The lowest BCUT2D eigenvalue weighted by Gasteiger charge is -1.95. The predicted octanol–water partition coefficient (Wildman–Crippen LogP) is 1.47. The summed E-state index contributed by atoms with van der Waals surface area (Å²) in [4.78, 5) is 4.10. The Morgan fingerprint density at radius 2 is 2.55 bits per heavy atom. The number of nitrogens with one attached hydrogen (secondary N) is 1. The maximum Gasteiger partial charge on any atom is 0.0381 e. The molecule has 0 aromatic heterocycles. The molecule has 0 saturated carbocycles. The van der Waals surface area contributed by atoms with Crippen LogP contribution in [0.25, 0.3) is 0 Å². The standard InChI is InChI=1S/C8H11N3.H2/c1-6-2-3-8(10)7(4-9)5-11-6;/h3-5,9H,2,10H2,1H3;1H. The third-order valence-corrected chi connectivity index (χ3v) is 1.53. The number of rotatable bonds is 1. The van der Waals surface area contributed by atoms with Gasteiger partial charge in [-0.3, -0.25) is 4.99 Å². The second kappa shape index (κ2) is 3.14. The van der Waals surface area contributed by atoms with Crippen LogP contribution in [-0.4, -0.2) is 11.9 Å². The van der Waals surface area contributed by atoms with E-state index in [4.69, 9.17) is 11.1 Å². The van der Waals surface area contributed by atoms with Gasteiger partial charge < -0.3 is 11.1 Å². The maximum absolute atomic E-state index is 7.01. The van der Waals surface area contributed by atoms with Crippen molar-refractivity contribution >= 4 is 11.9 Å². The molecule has 1 rings (SSSR count). The lowest BCUT2D eigenvalue weighted by Crippen LogP contribution is -2.01. The van der Waals surface area contributed by atoms with Crippen molar-refractivity contribution in [1.29, 1.82) is 5.41 Å². The highest BCUT2D eigenvalue weighted by Crippen LogP contribution is 2.07. The van der Waals surface area contributed by atoms with Crippen LogP contribution < -0.4 is 5.73 Å². The van der Waals surface area contributed by atoms with E-state index in [-0.39, 0.29) is 1.43 Å². The van der Waals surface area contributed by atoms with Gasteiger partial charge in [0, 0.05) is 37.2 Å². The van der Waals surface area contributed by atoms with Gasteiger partial charge in [0.1, 0.15) is 0 Å². The van der Waals surface area contributed by atoms with Crippen LogP contribution in [0.2, 0.25) is 0 Å². The van der Waals surface area contributed by atoms with Crippen molar-refractivity contribution in [3.8, 4) is 0 Å². The first kappa shape index (κ1) is 7.72. The lowest BCUT2D eigenvalue weighted by molar-refractivity contribution is 1.32. The molecule has 1 heterocycles. The third-order valence-electron chi connectivity index (χ3n) is 1.53. The van der Waals surface area contributed by atoms with Crippen molar-refractivity contribution in [1.82, 2.24) is 0 Å². The molecule has 0 amide bonds. The summed E-state index contributed by atoms with van der Waals surface area (Å²) in [6.45, 7) is 1.94. The Bertz CT molecular complexity index is 263. The van der Waals surface area contributed by atoms with Crippen molar-refractivity contribution in [3.63, 3.8) is 0 Å². The average molecular weight is 151 g/mol. The lowest BCUT2D eigenvalue weighted by atomic mass is 10.2. The molecule has 3 heteroatoms. The van der Waals surface area contributed by atoms with Crippen LogP contribution in [0.1, 0.15) is 14.8 Å². The Hall–Kier alpha value is -1.38. The Kier molecular flexibility index (Phi) is 2.21. The van der Waals surface area contributed by atoms with Gasteiger partial charge in [0.05, 0.1) is 0 Å². The first-order chi connectivity index (χ1) is 5.24. The third kappa shape index (κ3) is 1.77. The minimum absolute atomic E-state index is 0. The number of hydrogen-bond donors (Lipinski definition) is 2. The van der Waals surface area contributed by atoms with E-state index in [1.54, 1.807) is 6.20 Å². The summed E-state index contributed by atoms with van der Waals surface area (Å²) in [7, 11) is 0. The average Bonchev–Trinajstić information content (AvgIpc) is 2.15. The molecule has 0 aromatic carbocycles. The van der Waals surface area contributed by atoms with Gasteiger partial charge in [-0.2, -0.15) is 0 Å². The largest absolute Gasteiger partial charge is 0.398 e. The summed E-state index contributed by atoms with van der Waals surface area (Å²) in [6, 6.07) is 0. The van der Waals surface area contributed by atoms with E-state index in [2.05, 4.69) is 4.99 Å². The van der Waals surface area contributed by atoms with Crippen LogP contribution in [-0.2, 0) is 0 Å². The first-order valence-corrected chi connectivity index (χ1v) is 3.44. The number of nitrogens with zero attached hydrogens (tertiary/aromatic N) is 1. The molecule has 0 bridgehead atoms. The van der Waals surface area contributed by atoms with E-state index in [1.807, 2.05) is 13.0 Å². The van der Waals surface area contributed by atoms with E-state index in [1.165, 1.54) is 6.21 Å². The molecular formula is C8H13N3. The number of hydrogen-bond acceptors (Lipinski definition) is 3. The molecule has 1 aliphatic heterocycles. The highest BCUT2D eigenvalue weighted by atomic mass is 14.7. The molecule has 0 unspecified atom stereocenters. The van der Waals surface area contributed by atoms with Gasteiger partial charge in [0.2, 0.25) is 0 Å². The SMILES string of the molecule is CC1=NC=C(C=N)C(N)=CC1.[HH]. The van der Waals surface area contributed by atoms with Gasteiger partial charge in [-0.1, -0.05) is 6.08 Å². The molecule has 1 aliphatic rings. The first-order valence-electron chi connectivity index (χ1n) is 3.44. The Morgan fingerprint density at radius 3 is 3.18 bits per heavy atom. The molecule has 60 valence electrons. The highest BCUT2D eigenvalue weighted by Gasteiger charge is 2.00. The molecule has 0 spiro atoms. The molecule has 0 aliphatic carbocycles.